The molecule has 5 heteroatoms. The number of benzene rings is 1. The van der Waals surface area contributed by atoms with Crippen molar-refractivity contribution < 1.29 is 24.2 Å². The maximum atomic E-state index is 12.0. The first kappa shape index (κ1) is 19.2. The van der Waals surface area contributed by atoms with Gasteiger partial charge in [0.25, 0.3) is 0 Å². The third-order valence-corrected chi connectivity index (χ3v) is 3.72. The van der Waals surface area contributed by atoms with Gasteiger partial charge in [-0.25, -0.2) is 0 Å². The predicted molar refractivity (Wildman–Crippen MR) is 87.2 cm³/mol. The Hall–Kier alpha value is -1.88. The summed E-state index contributed by atoms with van der Waals surface area (Å²) in [7, 11) is 0. The molecular formula is C18H26O5. The maximum absolute atomic E-state index is 12.0. The number of esters is 2. The van der Waals surface area contributed by atoms with Crippen molar-refractivity contribution in [2.75, 3.05) is 13.2 Å². The fourth-order valence-electron chi connectivity index (χ4n) is 2.38. The van der Waals surface area contributed by atoms with Crippen molar-refractivity contribution in [1.29, 1.82) is 0 Å². The van der Waals surface area contributed by atoms with Crippen molar-refractivity contribution in [2.24, 2.45) is 5.92 Å². The molecule has 0 heterocycles. The van der Waals surface area contributed by atoms with Crippen LogP contribution >= 0.6 is 0 Å². The van der Waals surface area contributed by atoms with Crippen molar-refractivity contribution in [3.05, 3.63) is 29.8 Å². The highest BCUT2D eigenvalue weighted by Gasteiger charge is 2.21. The fourth-order valence-corrected chi connectivity index (χ4v) is 2.38. The Morgan fingerprint density at radius 1 is 1.22 bits per heavy atom. The van der Waals surface area contributed by atoms with Gasteiger partial charge in [-0.3, -0.25) is 9.59 Å². The molecule has 0 aliphatic carbocycles. The van der Waals surface area contributed by atoms with Crippen LogP contribution in [0, 0.1) is 5.92 Å². The van der Waals surface area contributed by atoms with Crippen LogP contribution in [0.2, 0.25) is 0 Å². The highest BCUT2D eigenvalue weighted by molar-refractivity contribution is 5.72. The summed E-state index contributed by atoms with van der Waals surface area (Å²) in [6.45, 7) is 5.68. The first-order valence-corrected chi connectivity index (χ1v) is 8.03. The van der Waals surface area contributed by atoms with Crippen molar-refractivity contribution in [2.45, 2.75) is 46.0 Å². The number of hydrogen-bond acceptors (Lipinski definition) is 5. The first-order chi connectivity index (χ1) is 11.0. The Bertz CT molecular complexity index is 495. The molecule has 128 valence electrons. The molecule has 2 atom stereocenters. The van der Waals surface area contributed by atoms with Crippen LogP contribution in [0.4, 0.5) is 0 Å². The first-order valence-electron chi connectivity index (χ1n) is 8.03. The molecule has 0 aromatic heterocycles. The molecule has 0 saturated carbocycles. The minimum Gasteiger partial charge on any atom is -0.465 e. The van der Waals surface area contributed by atoms with Crippen LogP contribution in [0.15, 0.2) is 24.3 Å². The molecule has 1 rings (SSSR count). The van der Waals surface area contributed by atoms with E-state index >= 15 is 0 Å². The Morgan fingerprint density at radius 3 is 2.39 bits per heavy atom. The van der Waals surface area contributed by atoms with E-state index in [0.717, 1.165) is 5.56 Å². The van der Waals surface area contributed by atoms with E-state index in [0.29, 0.717) is 25.0 Å². The topological polar surface area (TPSA) is 72.8 Å². The largest absolute Gasteiger partial charge is 0.465 e. The summed E-state index contributed by atoms with van der Waals surface area (Å²) in [5.41, 5.74) is 1.09. The van der Waals surface area contributed by atoms with Crippen LogP contribution in [0.5, 0.6) is 5.75 Å². The van der Waals surface area contributed by atoms with Crippen LogP contribution in [0.25, 0.3) is 0 Å². The van der Waals surface area contributed by atoms with Crippen LogP contribution in [-0.2, 0) is 14.3 Å². The molecule has 0 bridgehead atoms. The summed E-state index contributed by atoms with van der Waals surface area (Å²) < 4.78 is 10.2. The maximum Gasteiger partial charge on any atom is 0.308 e. The third kappa shape index (κ3) is 6.82. The summed E-state index contributed by atoms with van der Waals surface area (Å²) in [6, 6.07) is 7.33. The molecule has 23 heavy (non-hydrogen) atoms. The minimum atomic E-state index is -0.345. The van der Waals surface area contributed by atoms with Gasteiger partial charge in [0.15, 0.2) is 0 Å². The van der Waals surface area contributed by atoms with Crippen molar-refractivity contribution in [3.8, 4) is 5.75 Å². The molecule has 5 nitrogen and oxygen atoms in total. The summed E-state index contributed by atoms with van der Waals surface area (Å²) in [4.78, 5) is 22.9. The summed E-state index contributed by atoms with van der Waals surface area (Å²) >= 11 is 0. The van der Waals surface area contributed by atoms with Gasteiger partial charge in [-0.2, -0.15) is 0 Å². The summed E-state index contributed by atoms with van der Waals surface area (Å²) in [5, 5.41) is 8.72. The molecule has 0 aliphatic heterocycles. The lowest BCUT2D eigenvalue weighted by molar-refractivity contribution is -0.149. The number of aliphatic hydroxyl groups excluding tert-OH is 1. The van der Waals surface area contributed by atoms with E-state index in [1.54, 1.807) is 12.1 Å². The van der Waals surface area contributed by atoms with Crippen molar-refractivity contribution in [1.82, 2.24) is 0 Å². The van der Waals surface area contributed by atoms with E-state index in [1.165, 1.54) is 6.92 Å². The standard InChI is InChI=1S/C18H26O5/c1-4-15(18(21)22-11-5-10-19)12-13(2)16-6-8-17(9-7-16)23-14(3)20/h6-9,13,15,19H,4-5,10-12H2,1-3H3. The third-order valence-electron chi connectivity index (χ3n) is 3.72. The second-order valence-corrected chi connectivity index (χ2v) is 5.65. The van der Waals surface area contributed by atoms with Crippen LogP contribution < -0.4 is 4.74 Å². The number of carbonyl (C=O) groups excluding carboxylic acids is 2. The Balaban J connectivity index is 2.59. The zero-order chi connectivity index (χ0) is 17.2. The van der Waals surface area contributed by atoms with Crippen molar-refractivity contribution >= 4 is 11.9 Å². The average Bonchev–Trinajstić information content (AvgIpc) is 2.52. The molecule has 1 N–H and O–H groups in total. The summed E-state index contributed by atoms with van der Waals surface area (Å²) in [6.07, 6.45) is 1.88. The second kappa shape index (κ2) is 10.0. The van der Waals surface area contributed by atoms with E-state index in [4.69, 9.17) is 14.6 Å². The zero-order valence-corrected chi connectivity index (χ0v) is 14.1. The molecule has 0 amide bonds. The molecule has 0 radical (unpaired) electrons. The van der Waals surface area contributed by atoms with E-state index in [-0.39, 0.29) is 37.0 Å². The van der Waals surface area contributed by atoms with Gasteiger partial charge in [-0.15, -0.1) is 0 Å². The van der Waals surface area contributed by atoms with Crippen molar-refractivity contribution in [3.63, 3.8) is 0 Å². The molecule has 0 saturated heterocycles. The predicted octanol–water partition coefficient (Wildman–Crippen LogP) is 3.06. The zero-order valence-electron chi connectivity index (χ0n) is 14.1. The number of ether oxygens (including phenoxy) is 2. The number of hydrogen-bond donors (Lipinski definition) is 1. The number of aliphatic hydroxyl groups is 1. The average molecular weight is 322 g/mol. The molecule has 0 spiro atoms. The van der Waals surface area contributed by atoms with Gasteiger partial charge in [0.1, 0.15) is 5.75 Å². The fraction of sp³-hybridized carbons (Fsp3) is 0.556. The number of rotatable bonds is 9. The molecule has 1 aromatic rings. The lowest BCUT2D eigenvalue weighted by atomic mass is 9.89. The van der Waals surface area contributed by atoms with Gasteiger partial charge in [-0.1, -0.05) is 26.0 Å². The van der Waals surface area contributed by atoms with E-state index in [1.807, 2.05) is 19.1 Å². The van der Waals surface area contributed by atoms with Gasteiger partial charge in [0.05, 0.1) is 12.5 Å². The van der Waals surface area contributed by atoms with Gasteiger partial charge >= 0.3 is 11.9 Å². The highest BCUT2D eigenvalue weighted by Crippen LogP contribution is 2.27. The Morgan fingerprint density at radius 2 is 1.87 bits per heavy atom. The SMILES string of the molecule is CCC(CC(C)c1ccc(OC(C)=O)cc1)C(=O)OCCCO. The van der Waals surface area contributed by atoms with Gasteiger partial charge in [-0.05, 0) is 36.5 Å². The Labute approximate surface area is 137 Å². The summed E-state index contributed by atoms with van der Waals surface area (Å²) in [5.74, 6) is 0.00395. The molecule has 2 unspecified atom stereocenters. The van der Waals surface area contributed by atoms with Gasteiger partial charge in [0.2, 0.25) is 0 Å². The van der Waals surface area contributed by atoms with Crippen LogP contribution in [0.3, 0.4) is 0 Å². The molecule has 1 aromatic carbocycles. The van der Waals surface area contributed by atoms with Crippen LogP contribution in [0.1, 0.15) is 51.5 Å². The van der Waals surface area contributed by atoms with Gasteiger partial charge < -0.3 is 14.6 Å². The smallest absolute Gasteiger partial charge is 0.308 e. The van der Waals surface area contributed by atoms with E-state index in [2.05, 4.69) is 6.92 Å². The van der Waals surface area contributed by atoms with Crippen LogP contribution in [-0.4, -0.2) is 30.3 Å². The molecule has 0 fully saturated rings. The quantitative estimate of drug-likeness (QED) is 0.430. The second-order valence-electron chi connectivity index (χ2n) is 5.65. The van der Waals surface area contributed by atoms with E-state index < -0.39 is 0 Å². The van der Waals surface area contributed by atoms with E-state index in [9.17, 15) is 9.59 Å². The lowest BCUT2D eigenvalue weighted by Gasteiger charge is -2.19. The number of carbonyl (C=O) groups is 2. The Kier molecular flexibility index (Phi) is 8.33. The molecular weight excluding hydrogens is 296 g/mol. The lowest BCUT2D eigenvalue weighted by Crippen LogP contribution is -2.20. The minimum absolute atomic E-state index is 0.0230. The molecule has 0 aliphatic rings. The monoisotopic (exact) mass is 322 g/mol. The van der Waals surface area contributed by atoms with Gasteiger partial charge in [0, 0.05) is 20.0 Å². The normalized spacial score (nSPS) is 13.2. The highest BCUT2D eigenvalue weighted by atomic mass is 16.5.